The number of nitrogens with zero attached hydrogens (tertiary/aromatic N) is 1. The fourth-order valence-electron chi connectivity index (χ4n) is 1.99. The highest BCUT2D eigenvalue weighted by molar-refractivity contribution is 7.99. The number of rotatable bonds is 5. The maximum atomic E-state index is 13.6. The monoisotopic (exact) mass is 337 g/mol. The van der Waals surface area contributed by atoms with Crippen LogP contribution in [0.4, 0.5) is 14.5 Å². The molecule has 1 fully saturated rings. The standard InChI is InChI=1S/C12H17F2N3O2S2/c13-9-7-10(14)12(8-11(9)15)21(18,19)16-1-2-17-3-5-20-6-4-17/h7-8,16H,1-6,15H2. The average molecular weight is 337 g/mol. The van der Waals surface area contributed by atoms with Crippen LogP contribution in [0.2, 0.25) is 0 Å². The van der Waals surface area contributed by atoms with Gasteiger partial charge in [0.25, 0.3) is 0 Å². The van der Waals surface area contributed by atoms with Crippen LogP contribution < -0.4 is 10.5 Å². The first kappa shape index (κ1) is 16.5. The van der Waals surface area contributed by atoms with Crippen molar-refractivity contribution in [3.05, 3.63) is 23.8 Å². The van der Waals surface area contributed by atoms with E-state index in [2.05, 4.69) is 9.62 Å². The summed E-state index contributed by atoms with van der Waals surface area (Å²) in [7, 11) is -4.03. The second kappa shape index (κ2) is 6.91. The van der Waals surface area contributed by atoms with Gasteiger partial charge in [0.2, 0.25) is 10.0 Å². The predicted molar refractivity (Wildman–Crippen MR) is 79.7 cm³/mol. The number of anilines is 1. The van der Waals surface area contributed by atoms with Crippen molar-refractivity contribution in [3.63, 3.8) is 0 Å². The molecule has 2 rings (SSSR count). The van der Waals surface area contributed by atoms with E-state index in [1.165, 1.54) is 0 Å². The molecule has 1 heterocycles. The normalized spacial score (nSPS) is 17.0. The van der Waals surface area contributed by atoms with Crippen molar-refractivity contribution < 1.29 is 17.2 Å². The van der Waals surface area contributed by atoms with Crippen LogP contribution in [0.25, 0.3) is 0 Å². The number of nitrogens with one attached hydrogen (secondary N) is 1. The molecule has 1 aromatic carbocycles. The first-order chi connectivity index (χ1) is 9.90. The van der Waals surface area contributed by atoms with Gasteiger partial charge in [-0.1, -0.05) is 0 Å². The zero-order valence-corrected chi connectivity index (χ0v) is 12.9. The average Bonchev–Trinajstić information content (AvgIpc) is 2.43. The summed E-state index contributed by atoms with van der Waals surface area (Å²) in [6.45, 7) is 2.54. The lowest BCUT2D eigenvalue weighted by Gasteiger charge is -2.26. The Labute approximate surface area is 126 Å². The van der Waals surface area contributed by atoms with Gasteiger partial charge in [0, 0.05) is 43.8 Å². The molecule has 9 heteroatoms. The molecule has 0 aromatic heterocycles. The third-order valence-corrected chi connectivity index (χ3v) is 5.58. The lowest BCUT2D eigenvalue weighted by Crippen LogP contribution is -2.39. The van der Waals surface area contributed by atoms with E-state index in [-0.39, 0.29) is 6.54 Å². The van der Waals surface area contributed by atoms with E-state index in [0.29, 0.717) is 12.6 Å². The summed E-state index contributed by atoms with van der Waals surface area (Å²) in [5, 5.41) is 0. The SMILES string of the molecule is Nc1cc(S(=O)(=O)NCCN2CCSCC2)c(F)cc1F. The molecule has 0 unspecified atom stereocenters. The molecule has 3 N–H and O–H groups in total. The minimum Gasteiger partial charge on any atom is -0.396 e. The quantitative estimate of drug-likeness (QED) is 0.780. The summed E-state index contributed by atoms with van der Waals surface area (Å²) < 4.78 is 53.0. The van der Waals surface area contributed by atoms with Crippen molar-refractivity contribution in [1.82, 2.24) is 9.62 Å². The fraction of sp³-hybridized carbons (Fsp3) is 0.500. The Balaban J connectivity index is 1.99. The van der Waals surface area contributed by atoms with E-state index in [1.807, 2.05) is 11.8 Å². The van der Waals surface area contributed by atoms with Crippen molar-refractivity contribution in [2.75, 3.05) is 43.4 Å². The summed E-state index contributed by atoms with van der Waals surface area (Å²) in [6.07, 6.45) is 0. The van der Waals surface area contributed by atoms with Gasteiger partial charge in [0.1, 0.15) is 16.5 Å². The second-order valence-corrected chi connectivity index (χ2v) is 7.62. The van der Waals surface area contributed by atoms with Gasteiger partial charge in [-0.2, -0.15) is 11.8 Å². The Bertz CT molecular complexity index is 605. The van der Waals surface area contributed by atoms with Crippen molar-refractivity contribution >= 4 is 27.5 Å². The zero-order valence-electron chi connectivity index (χ0n) is 11.3. The Kier molecular flexibility index (Phi) is 5.42. The van der Waals surface area contributed by atoms with Crippen molar-refractivity contribution in [3.8, 4) is 0 Å². The number of nitrogen functional groups attached to an aromatic ring is 1. The Hall–Kier alpha value is -0.900. The molecular formula is C12H17F2N3O2S2. The topological polar surface area (TPSA) is 75.4 Å². The highest BCUT2D eigenvalue weighted by atomic mass is 32.2. The van der Waals surface area contributed by atoms with Gasteiger partial charge in [-0.25, -0.2) is 21.9 Å². The molecule has 1 aromatic rings. The van der Waals surface area contributed by atoms with Gasteiger partial charge >= 0.3 is 0 Å². The number of hydrogen-bond donors (Lipinski definition) is 2. The maximum Gasteiger partial charge on any atom is 0.243 e. The van der Waals surface area contributed by atoms with E-state index in [0.717, 1.165) is 30.7 Å². The van der Waals surface area contributed by atoms with Gasteiger partial charge in [-0.15, -0.1) is 0 Å². The van der Waals surface area contributed by atoms with E-state index >= 15 is 0 Å². The largest absolute Gasteiger partial charge is 0.396 e. The summed E-state index contributed by atoms with van der Waals surface area (Å²) in [5.74, 6) is -0.0769. The second-order valence-electron chi connectivity index (χ2n) is 4.66. The molecule has 1 aliphatic heterocycles. The number of nitrogens with two attached hydrogens (primary N) is 1. The van der Waals surface area contributed by atoms with Crippen LogP contribution in [-0.2, 0) is 10.0 Å². The summed E-state index contributed by atoms with van der Waals surface area (Å²) in [6, 6.07) is 1.27. The zero-order chi connectivity index (χ0) is 15.5. The highest BCUT2D eigenvalue weighted by Gasteiger charge is 2.21. The van der Waals surface area contributed by atoms with E-state index in [4.69, 9.17) is 5.73 Å². The van der Waals surface area contributed by atoms with E-state index < -0.39 is 32.2 Å². The van der Waals surface area contributed by atoms with Gasteiger partial charge in [0.05, 0.1) is 5.69 Å². The molecular weight excluding hydrogens is 320 g/mol. The molecule has 0 atom stereocenters. The van der Waals surface area contributed by atoms with Crippen LogP contribution >= 0.6 is 11.8 Å². The third kappa shape index (κ3) is 4.29. The lowest BCUT2D eigenvalue weighted by molar-refractivity contribution is 0.307. The number of sulfonamides is 1. The highest BCUT2D eigenvalue weighted by Crippen LogP contribution is 2.20. The minimum atomic E-state index is -4.03. The van der Waals surface area contributed by atoms with Gasteiger partial charge in [-0.05, 0) is 6.07 Å². The molecule has 0 aliphatic carbocycles. The Morgan fingerprint density at radius 1 is 1.24 bits per heavy atom. The van der Waals surface area contributed by atoms with Crippen LogP contribution in [0, 0.1) is 11.6 Å². The third-order valence-electron chi connectivity index (χ3n) is 3.16. The first-order valence-electron chi connectivity index (χ1n) is 6.44. The predicted octanol–water partition coefficient (Wildman–Crippen LogP) is 0.874. The fourth-order valence-corrected chi connectivity index (χ4v) is 4.08. The van der Waals surface area contributed by atoms with Crippen LogP contribution in [0.1, 0.15) is 0 Å². The molecule has 0 radical (unpaired) electrons. The summed E-state index contributed by atoms with van der Waals surface area (Å²) in [4.78, 5) is 1.50. The van der Waals surface area contributed by atoms with Crippen LogP contribution in [0.5, 0.6) is 0 Å². The van der Waals surface area contributed by atoms with Crippen molar-refractivity contribution in [2.24, 2.45) is 0 Å². The smallest absolute Gasteiger partial charge is 0.243 e. The molecule has 5 nitrogen and oxygen atoms in total. The first-order valence-corrected chi connectivity index (χ1v) is 9.08. The Morgan fingerprint density at radius 3 is 2.57 bits per heavy atom. The number of hydrogen-bond acceptors (Lipinski definition) is 5. The lowest BCUT2D eigenvalue weighted by atomic mass is 10.3. The molecule has 0 saturated carbocycles. The van der Waals surface area contributed by atoms with Crippen LogP contribution in [0.15, 0.2) is 17.0 Å². The minimum absolute atomic E-state index is 0.170. The molecule has 118 valence electrons. The molecule has 0 spiro atoms. The van der Waals surface area contributed by atoms with Gasteiger partial charge < -0.3 is 10.6 Å². The molecule has 1 saturated heterocycles. The summed E-state index contributed by atoms with van der Waals surface area (Å²) >= 11 is 1.86. The molecule has 0 bridgehead atoms. The number of thioether (sulfide) groups is 1. The Morgan fingerprint density at radius 2 is 1.90 bits per heavy atom. The van der Waals surface area contributed by atoms with E-state index in [9.17, 15) is 17.2 Å². The van der Waals surface area contributed by atoms with Crippen molar-refractivity contribution in [1.29, 1.82) is 0 Å². The van der Waals surface area contributed by atoms with Crippen LogP contribution in [0.3, 0.4) is 0 Å². The van der Waals surface area contributed by atoms with Gasteiger partial charge in [0.15, 0.2) is 0 Å². The maximum absolute atomic E-state index is 13.6. The van der Waals surface area contributed by atoms with Crippen LogP contribution in [-0.4, -0.2) is 51.0 Å². The molecule has 1 aliphatic rings. The van der Waals surface area contributed by atoms with Crippen molar-refractivity contribution in [2.45, 2.75) is 4.90 Å². The van der Waals surface area contributed by atoms with E-state index in [1.54, 1.807) is 0 Å². The molecule has 21 heavy (non-hydrogen) atoms. The number of halogens is 2. The number of benzene rings is 1. The summed E-state index contributed by atoms with van der Waals surface area (Å²) in [5.41, 5.74) is 4.89. The van der Waals surface area contributed by atoms with Gasteiger partial charge in [-0.3, -0.25) is 0 Å². The molecule has 0 amide bonds.